The number of furan rings is 1. The predicted molar refractivity (Wildman–Crippen MR) is 111 cm³/mol. The Labute approximate surface area is 173 Å². The molecule has 0 atom stereocenters. The minimum Gasteiger partial charge on any atom is -0.485 e. The van der Waals surface area contributed by atoms with Crippen LogP contribution in [0.3, 0.4) is 0 Å². The lowest BCUT2D eigenvalue weighted by atomic mass is 10.2. The maximum Gasteiger partial charge on any atom is 0.287 e. The Morgan fingerprint density at radius 1 is 1.03 bits per heavy atom. The smallest absolute Gasteiger partial charge is 0.287 e. The second-order valence-electron chi connectivity index (χ2n) is 6.51. The van der Waals surface area contributed by atoms with Crippen LogP contribution in [-0.4, -0.2) is 18.4 Å². The third-order valence-corrected chi connectivity index (χ3v) is 4.46. The van der Waals surface area contributed by atoms with E-state index in [2.05, 4.69) is 10.6 Å². The van der Waals surface area contributed by atoms with Crippen LogP contribution in [0.2, 0.25) is 5.02 Å². The van der Waals surface area contributed by atoms with Gasteiger partial charge in [0.25, 0.3) is 5.91 Å². The van der Waals surface area contributed by atoms with E-state index in [-0.39, 0.29) is 24.8 Å². The van der Waals surface area contributed by atoms with Gasteiger partial charge in [0, 0.05) is 10.7 Å². The number of halogens is 1. The second kappa shape index (κ2) is 9.30. The van der Waals surface area contributed by atoms with Gasteiger partial charge >= 0.3 is 0 Å². The number of nitrogens with one attached hydrogen (secondary N) is 2. The van der Waals surface area contributed by atoms with E-state index in [9.17, 15) is 9.59 Å². The third-order valence-electron chi connectivity index (χ3n) is 4.22. The van der Waals surface area contributed by atoms with Crippen molar-refractivity contribution in [3.05, 3.63) is 82.3 Å². The summed E-state index contributed by atoms with van der Waals surface area (Å²) in [7, 11) is 0. The molecule has 150 valence electrons. The highest BCUT2D eigenvalue weighted by Gasteiger charge is 2.13. The Morgan fingerprint density at radius 2 is 1.83 bits per heavy atom. The molecular weight excluding hydrogens is 392 g/mol. The molecule has 3 rings (SSSR count). The van der Waals surface area contributed by atoms with Crippen molar-refractivity contribution in [2.24, 2.45) is 0 Å². The SMILES string of the molecule is Cc1cc(Cl)ccc1NC(=O)CNC(=O)c1ccc(COc2ccccc2C)o1. The minimum absolute atomic E-state index is 0.115. The standard InChI is InChI=1S/C22H21ClN2O4/c1-14-5-3-4-6-19(14)28-13-17-8-10-20(29-17)22(27)24-12-21(26)25-18-9-7-16(23)11-15(18)2/h3-11H,12-13H2,1-2H3,(H,24,27)(H,25,26). The van der Waals surface area contributed by atoms with E-state index in [4.69, 9.17) is 20.8 Å². The van der Waals surface area contributed by atoms with Crippen molar-refractivity contribution in [3.63, 3.8) is 0 Å². The molecule has 7 heteroatoms. The largest absolute Gasteiger partial charge is 0.485 e. The number of hydrogen-bond donors (Lipinski definition) is 2. The van der Waals surface area contributed by atoms with Crippen LogP contribution in [0, 0.1) is 13.8 Å². The number of amides is 2. The number of hydrogen-bond acceptors (Lipinski definition) is 4. The molecule has 0 saturated heterocycles. The number of ether oxygens (including phenoxy) is 1. The normalized spacial score (nSPS) is 10.4. The molecule has 1 aromatic heterocycles. The fraction of sp³-hybridized carbons (Fsp3) is 0.182. The maximum absolute atomic E-state index is 12.2. The molecule has 0 saturated carbocycles. The Hall–Kier alpha value is -3.25. The summed E-state index contributed by atoms with van der Waals surface area (Å²) < 4.78 is 11.2. The zero-order valence-electron chi connectivity index (χ0n) is 16.1. The molecule has 0 radical (unpaired) electrons. The van der Waals surface area contributed by atoms with E-state index in [1.807, 2.05) is 38.1 Å². The first-order valence-corrected chi connectivity index (χ1v) is 9.41. The number of aryl methyl sites for hydroxylation is 2. The van der Waals surface area contributed by atoms with Crippen LogP contribution in [0.4, 0.5) is 5.69 Å². The van der Waals surface area contributed by atoms with Crippen molar-refractivity contribution in [1.29, 1.82) is 0 Å². The molecular formula is C22H21ClN2O4. The number of benzene rings is 2. The highest BCUT2D eigenvalue weighted by Crippen LogP contribution is 2.20. The van der Waals surface area contributed by atoms with E-state index in [1.165, 1.54) is 0 Å². The minimum atomic E-state index is -0.477. The summed E-state index contributed by atoms with van der Waals surface area (Å²) in [5, 5.41) is 5.86. The van der Waals surface area contributed by atoms with E-state index >= 15 is 0 Å². The molecule has 29 heavy (non-hydrogen) atoms. The van der Waals surface area contributed by atoms with Gasteiger partial charge in [-0.1, -0.05) is 29.8 Å². The molecule has 3 aromatic rings. The van der Waals surface area contributed by atoms with E-state index in [0.29, 0.717) is 16.5 Å². The van der Waals surface area contributed by atoms with E-state index in [0.717, 1.165) is 16.9 Å². The van der Waals surface area contributed by atoms with Crippen molar-refractivity contribution in [2.75, 3.05) is 11.9 Å². The third kappa shape index (κ3) is 5.62. The van der Waals surface area contributed by atoms with Gasteiger partial charge in [0.2, 0.25) is 5.91 Å². The number of carbonyl (C=O) groups excluding carboxylic acids is 2. The summed E-state index contributed by atoms with van der Waals surface area (Å²) in [5.41, 5.74) is 2.49. The van der Waals surface area contributed by atoms with Crippen molar-refractivity contribution < 1.29 is 18.7 Å². The molecule has 2 amide bonds. The molecule has 0 spiro atoms. The van der Waals surface area contributed by atoms with Crippen molar-refractivity contribution in [1.82, 2.24) is 5.32 Å². The molecule has 0 fully saturated rings. The summed E-state index contributed by atoms with van der Waals surface area (Å²) in [6.45, 7) is 3.81. The van der Waals surface area contributed by atoms with Gasteiger partial charge in [-0.15, -0.1) is 0 Å². The first kappa shape index (κ1) is 20.5. The number of anilines is 1. The van der Waals surface area contributed by atoms with Gasteiger partial charge in [-0.2, -0.15) is 0 Å². The first-order chi connectivity index (χ1) is 13.9. The van der Waals surface area contributed by atoms with Crippen LogP contribution in [-0.2, 0) is 11.4 Å². The number of rotatable bonds is 7. The van der Waals surface area contributed by atoms with Gasteiger partial charge in [0.1, 0.15) is 18.1 Å². The molecule has 0 aliphatic rings. The molecule has 0 bridgehead atoms. The molecule has 2 N–H and O–H groups in total. The zero-order chi connectivity index (χ0) is 20.8. The number of para-hydroxylation sites is 1. The van der Waals surface area contributed by atoms with Gasteiger partial charge in [0.15, 0.2) is 5.76 Å². The highest BCUT2D eigenvalue weighted by atomic mass is 35.5. The predicted octanol–water partition coefficient (Wildman–Crippen LogP) is 4.50. The maximum atomic E-state index is 12.2. The fourth-order valence-electron chi connectivity index (χ4n) is 2.65. The van der Waals surface area contributed by atoms with Crippen LogP contribution in [0.15, 0.2) is 59.0 Å². The quantitative estimate of drug-likeness (QED) is 0.598. The summed E-state index contributed by atoms with van der Waals surface area (Å²) >= 11 is 5.90. The van der Waals surface area contributed by atoms with Crippen LogP contribution >= 0.6 is 11.6 Å². The van der Waals surface area contributed by atoms with Crippen molar-refractivity contribution in [2.45, 2.75) is 20.5 Å². The van der Waals surface area contributed by atoms with Crippen LogP contribution in [0.5, 0.6) is 5.75 Å². The molecule has 0 aliphatic carbocycles. The van der Waals surface area contributed by atoms with E-state index < -0.39 is 5.91 Å². The average molecular weight is 413 g/mol. The van der Waals surface area contributed by atoms with Crippen molar-refractivity contribution >= 4 is 29.1 Å². The highest BCUT2D eigenvalue weighted by molar-refractivity contribution is 6.30. The zero-order valence-corrected chi connectivity index (χ0v) is 16.9. The summed E-state index contributed by atoms with van der Waals surface area (Å²) in [4.78, 5) is 24.3. The monoisotopic (exact) mass is 412 g/mol. The summed E-state index contributed by atoms with van der Waals surface area (Å²) in [5.74, 6) is 0.557. The molecule has 6 nitrogen and oxygen atoms in total. The Kier molecular flexibility index (Phi) is 6.57. The van der Waals surface area contributed by atoms with Gasteiger partial charge in [-0.3, -0.25) is 9.59 Å². The molecule has 2 aromatic carbocycles. The lowest BCUT2D eigenvalue weighted by Gasteiger charge is -2.09. The summed E-state index contributed by atoms with van der Waals surface area (Å²) in [6.07, 6.45) is 0. The van der Waals surface area contributed by atoms with Crippen LogP contribution < -0.4 is 15.4 Å². The lowest BCUT2D eigenvalue weighted by Crippen LogP contribution is -2.32. The van der Waals surface area contributed by atoms with Gasteiger partial charge < -0.3 is 19.8 Å². The van der Waals surface area contributed by atoms with Crippen molar-refractivity contribution in [3.8, 4) is 5.75 Å². The van der Waals surface area contributed by atoms with E-state index in [1.54, 1.807) is 30.3 Å². The molecule has 1 heterocycles. The fourth-order valence-corrected chi connectivity index (χ4v) is 2.88. The first-order valence-electron chi connectivity index (χ1n) is 9.04. The Balaban J connectivity index is 1.49. The number of carbonyl (C=O) groups is 2. The molecule has 0 aliphatic heterocycles. The van der Waals surface area contributed by atoms with Crippen LogP contribution in [0.1, 0.15) is 27.4 Å². The average Bonchev–Trinajstić information content (AvgIpc) is 3.17. The van der Waals surface area contributed by atoms with Gasteiger partial charge in [-0.25, -0.2) is 0 Å². The van der Waals surface area contributed by atoms with Crippen LogP contribution in [0.25, 0.3) is 0 Å². The van der Waals surface area contributed by atoms with Gasteiger partial charge in [-0.05, 0) is 61.4 Å². The Morgan fingerprint density at radius 3 is 2.59 bits per heavy atom. The Bertz CT molecular complexity index is 1030. The molecule has 0 unspecified atom stereocenters. The van der Waals surface area contributed by atoms with Gasteiger partial charge in [0.05, 0.1) is 6.54 Å². The summed E-state index contributed by atoms with van der Waals surface area (Å²) in [6, 6.07) is 16.0. The lowest BCUT2D eigenvalue weighted by molar-refractivity contribution is -0.115. The second-order valence-corrected chi connectivity index (χ2v) is 6.95. The topological polar surface area (TPSA) is 80.6 Å².